The molecular weight excluding hydrogens is 524 g/mol. The number of anilines is 2. The minimum absolute atomic E-state index is 0.0896. The Morgan fingerprint density at radius 1 is 0.641 bits per heavy atom. The molecule has 0 spiro atoms. The molecule has 0 radical (unpaired) electrons. The van der Waals surface area contributed by atoms with Crippen LogP contribution in [0.25, 0.3) is 0 Å². The number of esters is 2. The molecular formula is C24H24N2O13. The minimum atomic E-state index is -1.21. The number of hydrogen-bond acceptors (Lipinski definition) is 13. The van der Waals surface area contributed by atoms with E-state index < -0.39 is 50.2 Å². The molecule has 0 saturated carbocycles. The fraction of sp³-hybridized carbons (Fsp3) is 0.250. The van der Waals surface area contributed by atoms with Crippen LogP contribution in [0.5, 0.6) is 11.5 Å². The van der Waals surface area contributed by atoms with Gasteiger partial charge in [0.25, 0.3) is 12.9 Å². The Hall–Kier alpha value is -5.18. The Labute approximate surface area is 221 Å². The monoisotopic (exact) mass is 548 g/mol. The molecule has 0 heterocycles. The number of ether oxygens (including phenoxy) is 5. The third kappa shape index (κ3) is 11.2. The first-order valence-electron chi connectivity index (χ1n) is 10.9. The Balaban J connectivity index is 1.80. The summed E-state index contributed by atoms with van der Waals surface area (Å²) < 4.78 is 24.5. The lowest BCUT2D eigenvalue weighted by Crippen LogP contribution is -2.34. The van der Waals surface area contributed by atoms with Crippen LogP contribution >= 0.6 is 0 Å². The van der Waals surface area contributed by atoms with Crippen LogP contribution in [0.2, 0.25) is 0 Å². The smallest absolute Gasteiger partial charge is 0.337 e. The maximum Gasteiger partial charge on any atom is 0.337 e. The van der Waals surface area contributed by atoms with Crippen LogP contribution in [0.4, 0.5) is 11.4 Å². The fourth-order valence-corrected chi connectivity index (χ4v) is 2.98. The zero-order valence-corrected chi connectivity index (χ0v) is 20.3. The summed E-state index contributed by atoms with van der Waals surface area (Å²) >= 11 is 0. The number of carboxylic acids is 2. The number of carboxylic acid groups (broad SMARTS) is 2. The summed E-state index contributed by atoms with van der Waals surface area (Å²) in [6, 6.07) is 11.4. The number of nitrogens with zero attached hydrogens (tertiary/aromatic N) is 2. The molecule has 0 aliphatic heterocycles. The quantitative estimate of drug-likeness (QED) is 0.111. The normalized spacial score (nSPS) is 10.1. The summed E-state index contributed by atoms with van der Waals surface area (Å²) in [6.45, 7) is -2.12. The summed E-state index contributed by atoms with van der Waals surface area (Å²) in [4.78, 5) is 69.2. The molecule has 0 bridgehead atoms. The third-order valence-electron chi connectivity index (χ3n) is 4.56. The summed E-state index contributed by atoms with van der Waals surface area (Å²) in [5.41, 5.74) is 0.796. The largest absolute Gasteiger partial charge is 0.480 e. The standard InChI is InChI=1S/C24H24N2O13/c27-15-36-13-26(14-37-16-28)18-3-7-20(8-4-18)39-24(34)12-35-11-23(33)38-19-5-1-17(2-6-19)25(9-21(29)30)10-22(31)32/h1-8,15-16H,9-14H2,(H,29,30)(H,31,32). The van der Waals surface area contributed by atoms with Gasteiger partial charge in [-0.3, -0.25) is 19.2 Å². The molecule has 2 aromatic rings. The third-order valence-corrected chi connectivity index (χ3v) is 4.56. The van der Waals surface area contributed by atoms with E-state index in [1.54, 1.807) is 0 Å². The number of aliphatic carboxylic acids is 2. The molecule has 0 aliphatic rings. The Morgan fingerprint density at radius 2 is 1.03 bits per heavy atom. The first-order valence-corrected chi connectivity index (χ1v) is 10.9. The molecule has 2 rings (SSSR count). The zero-order chi connectivity index (χ0) is 28.6. The molecule has 2 N–H and O–H groups in total. The van der Waals surface area contributed by atoms with Crippen LogP contribution < -0.4 is 19.3 Å². The van der Waals surface area contributed by atoms with E-state index >= 15 is 0 Å². The molecule has 0 atom stereocenters. The summed E-state index contributed by atoms with van der Waals surface area (Å²) in [6.07, 6.45) is 0. The van der Waals surface area contributed by atoms with Crippen LogP contribution in [0, 0.1) is 0 Å². The summed E-state index contributed by atoms with van der Waals surface area (Å²) in [5, 5.41) is 17.9. The van der Waals surface area contributed by atoms with Gasteiger partial charge in [-0.15, -0.1) is 0 Å². The van der Waals surface area contributed by atoms with Crippen molar-refractivity contribution in [1.82, 2.24) is 0 Å². The van der Waals surface area contributed by atoms with Gasteiger partial charge in [0, 0.05) is 11.4 Å². The van der Waals surface area contributed by atoms with Crippen molar-refractivity contribution >= 4 is 48.2 Å². The molecule has 208 valence electrons. The van der Waals surface area contributed by atoms with Crippen molar-refractivity contribution in [3.63, 3.8) is 0 Å². The lowest BCUT2D eigenvalue weighted by molar-refractivity contribution is -0.146. The van der Waals surface area contributed by atoms with Crippen LogP contribution in [0.1, 0.15) is 0 Å². The number of rotatable bonds is 18. The highest BCUT2D eigenvalue weighted by atomic mass is 16.6. The van der Waals surface area contributed by atoms with Crippen molar-refractivity contribution in [2.24, 2.45) is 0 Å². The molecule has 0 unspecified atom stereocenters. The van der Waals surface area contributed by atoms with E-state index in [0.29, 0.717) is 11.4 Å². The van der Waals surface area contributed by atoms with Gasteiger partial charge >= 0.3 is 23.9 Å². The van der Waals surface area contributed by atoms with Crippen LogP contribution in [0.3, 0.4) is 0 Å². The van der Waals surface area contributed by atoms with Gasteiger partial charge in [-0.2, -0.15) is 0 Å². The average Bonchev–Trinajstić information content (AvgIpc) is 2.89. The molecule has 2 aromatic carbocycles. The topological polar surface area (TPSA) is 196 Å². The Morgan fingerprint density at radius 3 is 1.38 bits per heavy atom. The van der Waals surface area contributed by atoms with E-state index in [0.717, 1.165) is 4.90 Å². The number of carbonyl (C=O) groups is 6. The number of hydrogen-bond donors (Lipinski definition) is 2. The maximum absolute atomic E-state index is 12.0. The van der Waals surface area contributed by atoms with Gasteiger partial charge in [0.15, 0.2) is 13.5 Å². The zero-order valence-electron chi connectivity index (χ0n) is 20.3. The second-order valence-electron chi connectivity index (χ2n) is 7.40. The second-order valence-corrected chi connectivity index (χ2v) is 7.40. The summed E-state index contributed by atoms with van der Waals surface area (Å²) in [7, 11) is 0. The van der Waals surface area contributed by atoms with Crippen molar-refractivity contribution in [3.05, 3.63) is 48.5 Å². The van der Waals surface area contributed by atoms with Gasteiger partial charge < -0.3 is 43.7 Å². The highest BCUT2D eigenvalue weighted by molar-refractivity contribution is 5.80. The van der Waals surface area contributed by atoms with Crippen molar-refractivity contribution < 1.29 is 62.7 Å². The SMILES string of the molecule is O=COCN(COC=O)c1ccc(OC(=O)COCC(=O)Oc2ccc(N(CC(=O)O)CC(=O)O)cc2)cc1. The Bertz CT molecular complexity index is 1110. The van der Waals surface area contributed by atoms with Gasteiger partial charge in [0.2, 0.25) is 0 Å². The molecule has 15 heteroatoms. The van der Waals surface area contributed by atoms with E-state index in [1.807, 2.05) is 0 Å². The van der Waals surface area contributed by atoms with Crippen molar-refractivity contribution in [3.8, 4) is 11.5 Å². The Kier molecular flexibility index (Phi) is 12.2. The predicted octanol–water partition coefficient (Wildman–Crippen LogP) is 0.257. The van der Waals surface area contributed by atoms with E-state index in [-0.39, 0.29) is 37.9 Å². The highest BCUT2D eigenvalue weighted by Gasteiger charge is 2.15. The fourth-order valence-electron chi connectivity index (χ4n) is 2.98. The first kappa shape index (κ1) is 30.0. The lowest BCUT2D eigenvalue weighted by Gasteiger charge is -2.22. The number of carbonyl (C=O) groups excluding carboxylic acids is 4. The highest BCUT2D eigenvalue weighted by Crippen LogP contribution is 2.21. The molecule has 15 nitrogen and oxygen atoms in total. The number of benzene rings is 2. The van der Waals surface area contributed by atoms with Gasteiger partial charge in [-0.25, -0.2) is 9.59 Å². The average molecular weight is 548 g/mol. The summed E-state index contributed by atoms with van der Waals surface area (Å²) in [5.74, 6) is -3.82. The second kappa shape index (κ2) is 15.8. The molecule has 0 aliphatic carbocycles. The van der Waals surface area contributed by atoms with Crippen molar-refractivity contribution in [2.75, 3.05) is 49.6 Å². The molecule has 0 fully saturated rings. The van der Waals surface area contributed by atoms with Crippen molar-refractivity contribution in [2.45, 2.75) is 0 Å². The van der Waals surface area contributed by atoms with Crippen LogP contribution in [-0.2, 0) is 43.0 Å². The van der Waals surface area contributed by atoms with Gasteiger partial charge in [-0.1, -0.05) is 0 Å². The van der Waals surface area contributed by atoms with E-state index in [2.05, 4.69) is 9.47 Å². The van der Waals surface area contributed by atoms with E-state index in [1.165, 1.54) is 53.4 Å². The van der Waals surface area contributed by atoms with Crippen molar-refractivity contribution in [1.29, 1.82) is 0 Å². The van der Waals surface area contributed by atoms with E-state index in [9.17, 15) is 28.8 Å². The van der Waals surface area contributed by atoms with Crippen LogP contribution in [-0.4, -0.2) is 86.8 Å². The maximum atomic E-state index is 12.0. The van der Waals surface area contributed by atoms with Gasteiger partial charge in [0.1, 0.15) is 37.8 Å². The van der Waals surface area contributed by atoms with Gasteiger partial charge in [-0.05, 0) is 48.5 Å². The minimum Gasteiger partial charge on any atom is -0.480 e. The van der Waals surface area contributed by atoms with Crippen LogP contribution in [0.15, 0.2) is 48.5 Å². The molecule has 0 amide bonds. The van der Waals surface area contributed by atoms with Gasteiger partial charge in [0.05, 0.1) is 0 Å². The predicted molar refractivity (Wildman–Crippen MR) is 129 cm³/mol. The first-order chi connectivity index (χ1) is 18.7. The molecule has 0 saturated heterocycles. The van der Waals surface area contributed by atoms with E-state index in [4.69, 9.17) is 24.4 Å². The molecule has 0 aromatic heterocycles. The molecule has 39 heavy (non-hydrogen) atoms. The lowest BCUT2D eigenvalue weighted by atomic mass is 10.2.